The molecule has 0 aliphatic heterocycles. The molecule has 0 aromatic heterocycles. The van der Waals surface area contributed by atoms with Crippen LogP contribution in [0.2, 0.25) is 0 Å². The van der Waals surface area contributed by atoms with Crippen LogP contribution >= 0.6 is 0 Å². The molecule has 66 valence electrons. The van der Waals surface area contributed by atoms with Crippen LogP contribution in [0, 0.1) is 5.41 Å². The standard InChI is InChI=1S/C12H13N/c1-2-6-11(9-10-13)12-7-4-3-5-8-12/h2-10,13H,1H3/b6-2-,11-9+,13-10?. The molecule has 1 N–H and O–H groups in total. The summed E-state index contributed by atoms with van der Waals surface area (Å²) in [6.45, 7) is 1.97. The van der Waals surface area contributed by atoms with Gasteiger partial charge in [0.2, 0.25) is 0 Å². The first kappa shape index (κ1) is 9.46. The zero-order chi connectivity index (χ0) is 9.52. The number of nitrogens with one attached hydrogen (secondary N) is 1. The van der Waals surface area contributed by atoms with Gasteiger partial charge in [-0.15, -0.1) is 0 Å². The predicted octanol–water partition coefficient (Wildman–Crippen LogP) is 3.30. The van der Waals surface area contributed by atoms with Gasteiger partial charge in [-0.1, -0.05) is 42.5 Å². The Kier molecular flexibility index (Phi) is 3.71. The quantitative estimate of drug-likeness (QED) is 0.533. The summed E-state index contributed by atoms with van der Waals surface area (Å²) < 4.78 is 0. The van der Waals surface area contributed by atoms with Crippen molar-refractivity contribution in [3.05, 3.63) is 54.1 Å². The van der Waals surface area contributed by atoms with Gasteiger partial charge in [-0.2, -0.15) is 0 Å². The molecule has 0 saturated carbocycles. The monoisotopic (exact) mass is 171 g/mol. The van der Waals surface area contributed by atoms with Gasteiger partial charge in [0.15, 0.2) is 0 Å². The SMILES string of the molecule is C/C=C\C(=C/C=N)c1ccccc1. The third kappa shape index (κ3) is 2.71. The molecule has 0 spiro atoms. The second kappa shape index (κ2) is 5.09. The number of allylic oxidation sites excluding steroid dienone is 4. The van der Waals surface area contributed by atoms with Crippen molar-refractivity contribution in [2.45, 2.75) is 6.92 Å². The van der Waals surface area contributed by atoms with Crippen molar-refractivity contribution in [1.29, 1.82) is 5.41 Å². The molecule has 0 fully saturated rings. The van der Waals surface area contributed by atoms with Gasteiger partial charge >= 0.3 is 0 Å². The van der Waals surface area contributed by atoms with Crippen molar-refractivity contribution < 1.29 is 0 Å². The van der Waals surface area contributed by atoms with Crippen LogP contribution in [0.15, 0.2) is 48.6 Å². The second-order valence-electron chi connectivity index (χ2n) is 2.65. The third-order valence-corrected chi connectivity index (χ3v) is 1.72. The van der Waals surface area contributed by atoms with Gasteiger partial charge in [0.1, 0.15) is 0 Å². The maximum Gasteiger partial charge on any atom is 0.0183 e. The normalized spacial score (nSPS) is 11.9. The van der Waals surface area contributed by atoms with E-state index in [0.29, 0.717) is 0 Å². The number of rotatable bonds is 3. The molecule has 0 aliphatic rings. The summed E-state index contributed by atoms with van der Waals surface area (Å²) in [5, 5.41) is 7.03. The van der Waals surface area contributed by atoms with E-state index in [-0.39, 0.29) is 0 Å². The maximum absolute atomic E-state index is 7.03. The molecule has 1 aromatic carbocycles. The van der Waals surface area contributed by atoms with E-state index in [4.69, 9.17) is 5.41 Å². The molecular formula is C12H13N. The van der Waals surface area contributed by atoms with E-state index in [1.165, 1.54) is 6.21 Å². The molecule has 1 nitrogen and oxygen atoms in total. The number of hydrogen-bond donors (Lipinski definition) is 1. The van der Waals surface area contributed by atoms with Crippen molar-refractivity contribution in [3.8, 4) is 0 Å². The van der Waals surface area contributed by atoms with Crippen molar-refractivity contribution >= 4 is 11.8 Å². The van der Waals surface area contributed by atoms with Crippen LogP contribution < -0.4 is 0 Å². The first-order valence-corrected chi connectivity index (χ1v) is 4.27. The molecule has 1 heteroatoms. The average Bonchev–Trinajstić information content (AvgIpc) is 2.19. The van der Waals surface area contributed by atoms with E-state index in [0.717, 1.165) is 11.1 Å². The summed E-state index contributed by atoms with van der Waals surface area (Å²) in [6.07, 6.45) is 7.07. The van der Waals surface area contributed by atoms with Crippen LogP contribution in [-0.4, -0.2) is 6.21 Å². The maximum atomic E-state index is 7.03. The Balaban J connectivity index is 3.03. The largest absolute Gasteiger partial charge is 0.309 e. The summed E-state index contributed by atoms with van der Waals surface area (Å²) in [5.74, 6) is 0. The van der Waals surface area contributed by atoms with Gasteiger partial charge in [-0.05, 0) is 24.1 Å². The molecule has 0 aliphatic carbocycles. The fourth-order valence-corrected chi connectivity index (χ4v) is 1.15. The molecule has 1 aromatic rings. The molecule has 0 atom stereocenters. The molecule has 0 amide bonds. The Hall–Kier alpha value is -1.63. The van der Waals surface area contributed by atoms with Crippen molar-refractivity contribution in [2.24, 2.45) is 0 Å². The Labute approximate surface area is 78.9 Å². The third-order valence-electron chi connectivity index (χ3n) is 1.72. The highest BCUT2D eigenvalue weighted by Gasteiger charge is 1.93. The zero-order valence-electron chi connectivity index (χ0n) is 7.70. The summed E-state index contributed by atoms with van der Waals surface area (Å²) >= 11 is 0. The Morgan fingerprint density at radius 1 is 1.23 bits per heavy atom. The predicted molar refractivity (Wildman–Crippen MR) is 58.0 cm³/mol. The Morgan fingerprint density at radius 3 is 2.46 bits per heavy atom. The molecule has 0 radical (unpaired) electrons. The molecule has 1 rings (SSSR count). The van der Waals surface area contributed by atoms with Crippen LogP contribution in [0.1, 0.15) is 12.5 Å². The minimum atomic E-state index is 1.07. The van der Waals surface area contributed by atoms with Crippen LogP contribution in [0.4, 0.5) is 0 Å². The van der Waals surface area contributed by atoms with Crippen LogP contribution in [0.5, 0.6) is 0 Å². The number of benzene rings is 1. The lowest BCUT2D eigenvalue weighted by Gasteiger charge is -1.99. The minimum Gasteiger partial charge on any atom is -0.309 e. The fraction of sp³-hybridized carbons (Fsp3) is 0.0833. The molecular weight excluding hydrogens is 158 g/mol. The van der Waals surface area contributed by atoms with E-state index >= 15 is 0 Å². The average molecular weight is 171 g/mol. The summed E-state index contributed by atoms with van der Waals surface area (Å²) in [5.41, 5.74) is 2.21. The van der Waals surface area contributed by atoms with E-state index < -0.39 is 0 Å². The Morgan fingerprint density at radius 2 is 1.92 bits per heavy atom. The molecule has 0 unspecified atom stereocenters. The summed E-state index contributed by atoms with van der Waals surface area (Å²) in [4.78, 5) is 0. The van der Waals surface area contributed by atoms with Gasteiger partial charge in [0.05, 0.1) is 0 Å². The van der Waals surface area contributed by atoms with Gasteiger partial charge in [-0.3, -0.25) is 0 Å². The highest BCUT2D eigenvalue weighted by molar-refractivity contribution is 5.87. The van der Waals surface area contributed by atoms with Crippen LogP contribution in [0.3, 0.4) is 0 Å². The van der Waals surface area contributed by atoms with Crippen molar-refractivity contribution in [3.63, 3.8) is 0 Å². The van der Waals surface area contributed by atoms with Crippen LogP contribution in [0.25, 0.3) is 5.57 Å². The highest BCUT2D eigenvalue weighted by atomic mass is 14.3. The van der Waals surface area contributed by atoms with Crippen LogP contribution in [-0.2, 0) is 0 Å². The van der Waals surface area contributed by atoms with Crippen molar-refractivity contribution in [1.82, 2.24) is 0 Å². The van der Waals surface area contributed by atoms with Gasteiger partial charge in [0, 0.05) is 6.21 Å². The lowest BCUT2D eigenvalue weighted by molar-refractivity contribution is 1.57. The smallest absolute Gasteiger partial charge is 0.0183 e. The summed E-state index contributed by atoms with van der Waals surface area (Å²) in [7, 11) is 0. The summed E-state index contributed by atoms with van der Waals surface area (Å²) in [6, 6.07) is 10.1. The molecule has 13 heavy (non-hydrogen) atoms. The second-order valence-corrected chi connectivity index (χ2v) is 2.65. The Bertz CT molecular complexity index is 320. The topological polar surface area (TPSA) is 23.9 Å². The molecule has 0 saturated heterocycles. The lowest BCUT2D eigenvalue weighted by atomic mass is 10.1. The molecule has 0 bridgehead atoms. The van der Waals surface area contributed by atoms with E-state index in [9.17, 15) is 0 Å². The highest BCUT2D eigenvalue weighted by Crippen LogP contribution is 2.14. The zero-order valence-corrected chi connectivity index (χ0v) is 7.70. The lowest BCUT2D eigenvalue weighted by Crippen LogP contribution is -1.79. The minimum absolute atomic E-state index is 1.07. The fourth-order valence-electron chi connectivity index (χ4n) is 1.15. The van der Waals surface area contributed by atoms with E-state index in [1.54, 1.807) is 6.08 Å². The van der Waals surface area contributed by atoms with Gasteiger partial charge in [-0.25, -0.2) is 0 Å². The molecule has 0 heterocycles. The van der Waals surface area contributed by atoms with Gasteiger partial charge < -0.3 is 5.41 Å². The van der Waals surface area contributed by atoms with E-state index in [2.05, 4.69) is 0 Å². The first-order valence-electron chi connectivity index (χ1n) is 4.27. The first-order chi connectivity index (χ1) is 6.38. The van der Waals surface area contributed by atoms with Gasteiger partial charge in [0.25, 0.3) is 0 Å². The van der Waals surface area contributed by atoms with Crippen molar-refractivity contribution in [2.75, 3.05) is 0 Å². The number of hydrogen-bond acceptors (Lipinski definition) is 1. The van der Waals surface area contributed by atoms with E-state index in [1.807, 2.05) is 49.4 Å².